The lowest BCUT2D eigenvalue weighted by molar-refractivity contribution is -0.118. The number of hydrogen-bond acceptors (Lipinski definition) is 2. The zero-order valence-electron chi connectivity index (χ0n) is 9.23. The molecule has 0 spiro atoms. The Hall–Kier alpha value is -2.08. The molecule has 1 aromatic rings. The first kappa shape index (κ1) is 12.0. The van der Waals surface area contributed by atoms with Gasteiger partial charge in [0.05, 0.1) is 11.6 Å². The van der Waals surface area contributed by atoms with Crippen LogP contribution in [0.1, 0.15) is 24.5 Å². The minimum Gasteiger partial charge on any atom is -0.356 e. The molecule has 3 nitrogen and oxygen atoms in total. The molecular weight excluding hydrogens is 200 g/mol. The molecule has 0 aromatic heterocycles. The first-order valence-corrected chi connectivity index (χ1v) is 5.13. The number of amides is 1. The minimum absolute atomic E-state index is 0.00762. The predicted octanol–water partition coefficient (Wildman–Crippen LogP) is 2.10. The smallest absolute Gasteiger partial charge is 0.216 e. The summed E-state index contributed by atoms with van der Waals surface area (Å²) in [6, 6.07) is 9.43. The average molecular weight is 214 g/mol. The summed E-state index contributed by atoms with van der Waals surface area (Å²) in [4.78, 5) is 10.6. The predicted molar refractivity (Wildman–Crippen MR) is 63.5 cm³/mol. The van der Waals surface area contributed by atoms with Crippen LogP contribution in [0, 0.1) is 11.3 Å². The Morgan fingerprint density at radius 3 is 2.69 bits per heavy atom. The van der Waals surface area contributed by atoms with E-state index in [0.29, 0.717) is 12.1 Å². The van der Waals surface area contributed by atoms with Gasteiger partial charge < -0.3 is 5.32 Å². The Bertz CT molecular complexity index is 413. The Labute approximate surface area is 95.4 Å². The Morgan fingerprint density at radius 1 is 1.44 bits per heavy atom. The zero-order chi connectivity index (χ0) is 11.8. The van der Waals surface area contributed by atoms with Gasteiger partial charge in [0.1, 0.15) is 0 Å². The highest BCUT2D eigenvalue weighted by Crippen LogP contribution is 2.05. The molecule has 0 aliphatic carbocycles. The van der Waals surface area contributed by atoms with Crippen molar-refractivity contribution in [2.45, 2.75) is 13.3 Å². The molecule has 0 saturated carbocycles. The van der Waals surface area contributed by atoms with Crippen molar-refractivity contribution in [3.8, 4) is 6.07 Å². The van der Waals surface area contributed by atoms with Gasteiger partial charge in [-0.15, -0.1) is 0 Å². The highest BCUT2D eigenvalue weighted by atomic mass is 16.1. The van der Waals surface area contributed by atoms with E-state index < -0.39 is 0 Å². The SMILES string of the molecule is CC(=O)NCCC=Cc1ccc(C#N)cc1. The summed E-state index contributed by atoms with van der Waals surface area (Å²) in [5.74, 6) is -0.00762. The van der Waals surface area contributed by atoms with Gasteiger partial charge in [-0.2, -0.15) is 5.26 Å². The molecule has 0 heterocycles. The molecule has 82 valence electrons. The third kappa shape index (κ3) is 4.43. The molecule has 16 heavy (non-hydrogen) atoms. The van der Waals surface area contributed by atoms with Crippen LogP contribution in [-0.4, -0.2) is 12.5 Å². The first-order chi connectivity index (χ1) is 7.72. The Kier molecular flexibility index (Phi) is 4.81. The maximum absolute atomic E-state index is 10.6. The number of carbonyl (C=O) groups is 1. The fourth-order valence-corrected chi connectivity index (χ4v) is 1.22. The molecule has 1 N–H and O–H groups in total. The fourth-order valence-electron chi connectivity index (χ4n) is 1.22. The zero-order valence-corrected chi connectivity index (χ0v) is 9.23. The summed E-state index contributed by atoms with van der Waals surface area (Å²) >= 11 is 0. The van der Waals surface area contributed by atoms with Crippen LogP contribution < -0.4 is 5.32 Å². The minimum atomic E-state index is -0.00762. The third-order valence-electron chi connectivity index (χ3n) is 2.04. The third-order valence-corrected chi connectivity index (χ3v) is 2.04. The molecule has 0 radical (unpaired) electrons. The normalized spacial score (nSPS) is 10.0. The van der Waals surface area contributed by atoms with Gasteiger partial charge in [-0.1, -0.05) is 24.3 Å². The summed E-state index contributed by atoms with van der Waals surface area (Å²) in [6.45, 7) is 2.16. The van der Waals surface area contributed by atoms with Gasteiger partial charge in [-0.25, -0.2) is 0 Å². The molecule has 0 aliphatic rings. The molecular formula is C13H14N2O. The van der Waals surface area contributed by atoms with Crippen molar-refractivity contribution < 1.29 is 4.79 Å². The van der Waals surface area contributed by atoms with Crippen LogP contribution in [0.4, 0.5) is 0 Å². The van der Waals surface area contributed by atoms with Crippen LogP contribution in [0.25, 0.3) is 6.08 Å². The van der Waals surface area contributed by atoms with E-state index in [2.05, 4.69) is 11.4 Å². The second-order valence-electron chi connectivity index (χ2n) is 3.41. The lowest BCUT2D eigenvalue weighted by Crippen LogP contribution is -2.20. The van der Waals surface area contributed by atoms with Crippen LogP contribution >= 0.6 is 0 Å². The molecule has 0 fully saturated rings. The van der Waals surface area contributed by atoms with Gasteiger partial charge in [0.2, 0.25) is 5.91 Å². The Balaban J connectivity index is 2.38. The maximum atomic E-state index is 10.6. The van der Waals surface area contributed by atoms with Crippen LogP contribution in [0.3, 0.4) is 0 Å². The van der Waals surface area contributed by atoms with Crippen molar-refractivity contribution in [1.29, 1.82) is 5.26 Å². The summed E-state index contributed by atoms with van der Waals surface area (Å²) < 4.78 is 0. The summed E-state index contributed by atoms with van der Waals surface area (Å²) in [5, 5.41) is 11.3. The van der Waals surface area contributed by atoms with Gasteiger partial charge in [0.15, 0.2) is 0 Å². The number of hydrogen-bond donors (Lipinski definition) is 1. The van der Waals surface area contributed by atoms with Gasteiger partial charge in [0.25, 0.3) is 0 Å². The number of nitrogens with zero attached hydrogens (tertiary/aromatic N) is 1. The van der Waals surface area contributed by atoms with E-state index in [9.17, 15) is 4.79 Å². The van der Waals surface area contributed by atoms with Crippen LogP contribution in [0.2, 0.25) is 0 Å². The molecule has 0 atom stereocenters. The lowest BCUT2D eigenvalue weighted by atomic mass is 10.1. The van der Waals surface area contributed by atoms with E-state index >= 15 is 0 Å². The molecule has 0 bridgehead atoms. The summed E-state index contributed by atoms with van der Waals surface area (Å²) in [6.07, 6.45) is 4.78. The topological polar surface area (TPSA) is 52.9 Å². The van der Waals surface area contributed by atoms with Crippen molar-refractivity contribution in [1.82, 2.24) is 5.32 Å². The van der Waals surface area contributed by atoms with Crippen LogP contribution in [0.15, 0.2) is 30.3 Å². The molecule has 0 saturated heterocycles. The van der Waals surface area contributed by atoms with E-state index in [1.54, 1.807) is 12.1 Å². The monoisotopic (exact) mass is 214 g/mol. The van der Waals surface area contributed by atoms with E-state index in [-0.39, 0.29) is 5.91 Å². The highest BCUT2D eigenvalue weighted by Gasteiger charge is 1.90. The second kappa shape index (κ2) is 6.41. The van der Waals surface area contributed by atoms with Gasteiger partial charge in [-0.3, -0.25) is 4.79 Å². The molecule has 0 aliphatic heterocycles. The van der Waals surface area contributed by atoms with Crippen LogP contribution in [-0.2, 0) is 4.79 Å². The van der Waals surface area contributed by atoms with E-state index in [0.717, 1.165) is 12.0 Å². The van der Waals surface area contributed by atoms with Crippen molar-refractivity contribution in [3.05, 3.63) is 41.5 Å². The quantitative estimate of drug-likeness (QED) is 0.780. The molecule has 1 rings (SSSR count). The summed E-state index contributed by atoms with van der Waals surface area (Å²) in [7, 11) is 0. The Morgan fingerprint density at radius 2 is 2.12 bits per heavy atom. The number of benzene rings is 1. The fraction of sp³-hybridized carbons (Fsp3) is 0.231. The number of nitrogens with one attached hydrogen (secondary N) is 1. The molecule has 3 heteroatoms. The molecule has 1 aromatic carbocycles. The van der Waals surface area contributed by atoms with Gasteiger partial charge in [0, 0.05) is 13.5 Å². The van der Waals surface area contributed by atoms with Crippen molar-refractivity contribution in [2.75, 3.05) is 6.54 Å². The molecule has 1 amide bonds. The van der Waals surface area contributed by atoms with E-state index in [1.807, 2.05) is 24.3 Å². The largest absolute Gasteiger partial charge is 0.356 e. The highest BCUT2D eigenvalue weighted by molar-refractivity contribution is 5.72. The van der Waals surface area contributed by atoms with Crippen molar-refractivity contribution >= 4 is 12.0 Å². The average Bonchev–Trinajstić information content (AvgIpc) is 2.29. The number of carbonyl (C=O) groups excluding carboxylic acids is 1. The van der Waals surface area contributed by atoms with Crippen LogP contribution in [0.5, 0.6) is 0 Å². The first-order valence-electron chi connectivity index (χ1n) is 5.13. The van der Waals surface area contributed by atoms with Crippen molar-refractivity contribution in [2.24, 2.45) is 0 Å². The van der Waals surface area contributed by atoms with Crippen molar-refractivity contribution in [3.63, 3.8) is 0 Å². The van der Waals surface area contributed by atoms with Gasteiger partial charge in [-0.05, 0) is 24.1 Å². The van der Waals surface area contributed by atoms with E-state index in [1.165, 1.54) is 6.92 Å². The number of nitriles is 1. The molecule has 0 unspecified atom stereocenters. The maximum Gasteiger partial charge on any atom is 0.216 e. The lowest BCUT2D eigenvalue weighted by Gasteiger charge is -1.97. The van der Waals surface area contributed by atoms with Gasteiger partial charge >= 0.3 is 0 Å². The number of rotatable bonds is 4. The van der Waals surface area contributed by atoms with E-state index in [4.69, 9.17) is 5.26 Å². The summed E-state index contributed by atoms with van der Waals surface area (Å²) in [5.41, 5.74) is 1.72. The second-order valence-corrected chi connectivity index (χ2v) is 3.41. The standard InChI is InChI=1S/C13H14N2O/c1-11(16)15-9-3-2-4-12-5-7-13(10-14)8-6-12/h2,4-8H,3,9H2,1H3,(H,15,16).